The average Bonchev–Trinajstić information content (AvgIpc) is 2.70. The molecule has 2 aliphatic heterocycles. The molecule has 2 saturated heterocycles. The van der Waals surface area contributed by atoms with E-state index in [0.29, 0.717) is 13.0 Å². The molecule has 0 saturated carbocycles. The number of hydrogen-bond donors (Lipinski definition) is 2. The van der Waals surface area contributed by atoms with E-state index in [1.54, 1.807) is 11.8 Å². The van der Waals surface area contributed by atoms with E-state index in [-0.39, 0.29) is 36.3 Å². The van der Waals surface area contributed by atoms with Crippen molar-refractivity contribution in [1.82, 2.24) is 20.2 Å². The van der Waals surface area contributed by atoms with Crippen LogP contribution >= 0.6 is 0 Å². The molecule has 2 N–H and O–H groups in total. The number of amides is 2. The average molecular weight is 348 g/mol. The number of aromatic nitrogens is 2. The Labute approximate surface area is 146 Å². The largest absolute Gasteiger partial charge is 0.388 e. The lowest BCUT2D eigenvalue weighted by Crippen LogP contribution is -2.56. The Morgan fingerprint density at radius 1 is 1.44 bits per heavy atom. The fourth-order valence-corrected chi connectivity index (χ4v) is 3.67. The maximum absolute atomic E-state index is 12.9. The van der Waals surface area contributed by atoms with Crippen LogP contribution in [0, 0.1) is 0 Å². The summed E-state index contributed by atoms with van der Waals surface area (Å²) in [5, 5.41) is 13.7. The van der Waals surface area contributed by atoms with Crippen molar-refractivity contribution in [2.45, 2.75) is 56.9 Å². The molecule has 8 heteroatoms. The zero-order valence-electron chi connectivity index (χ0n) is 14.5. The maximum Gasteiger partial charge on any atom is 0.274 e. The van der Waals surface area contributed by atoms with Crippen molar-refractivity contribution >= 4 is 11.8 Å². The maximum atomic E-state index is 12.9. The number of likely N-dealkylation sites (tertiary alicyclic amines) is 1. The van der Waals surface area contributed by atoms with E-state index >= 15 is 0 Å². The molecule has 136 valence electrons. The molecule has 3 heterocycles. The standard InChI is InChI=1S/C17H24N4O4/c1-11(22)20-15-10-25-14-4-3-7-21(13(14)8-17(15,2)24)16(23)12-9-18-5-6-19-12/h5-6,9,13-15,24H,3-4,7-8,10H2,1-2H3,(H,20,22)/t13-,14-,15-,17-/m1/s1. The quantitative estimate of drug-likeness (QED) is 0.787. The second-order valence-electron chi connectivity index (χ2n) is 6.98. The highest BCUT2D eigenvalue weighted by Crippen LogP contribution is 2.33. The van der Waals surface area contributed by atoms with Crippen LogP contribution in [-0.2, 0) is 9.53 Å². The molecule has 1 aromatic rings. The smallest absolute Gasteiger partial charge is 0.274 e. The molecule has 2 amide bonds. The van der Waals surface area contributed by atoms with Gasteiger partial charge in [-0.25, -0.2) is 4.98 Å². The number of hydrogen-bond acceptors (Lipinski definition) is 6. The molecule has 0 bridgehead atoms. The number of carbonyl (C=O) groups is 2. The Hall–Kier alpha value is -2.06. The van der Waals surface area contributed by atoms with Gasteiger partial charge < -0.3 is 20.1 Å². The summed E-state index contributed by atoms with van der Waals surface area (Å²) in [7, 11) is 0. The van der Waals surface area contributed by atoms with Crippen LogP contribution in [0.25, 0.3) is 0 Å². The molecule has 25 heavy (non-hydrogen) atoms. The van der Waals surface area contributed by atoms with Gasteiger partial charge in [-0.3, -0.25) is 14.6 Å². The van der Waals surface area contributed by atoms with Crippen molar-refractivity contribution in [3.63, 3.8) is 0 Å². The fourth-order valence-electron chi connectivity index (χ4n) is 3.67. The third-order valence-electron chi connectivity index (χ3n) is 4.99. The molecule has 0 aromatic carbocycles. The van der Waals surface area contributed by atoms with E-state index in [1.807, 2.05) is 0 Å². The third-order valence-corrected chi connectivity index (χ3v) is 4.99. The van der Waals surface area contributed by atoms with Gasteiger partial charge in [0.25, 0.3) is 5.91 Å². The zero-order chi connectivity index (χ0) is 18.0. The van der Waals surface area contributed by atoms with Crippen LogP contribution in [0.15, 0.2) is 18.6 Å². The minimum Gasteiger partial charge on any atom is -0.388 e. The molecule has 8 nitrogen and oxygen atoms in total. The Morgan fingerprint density at radius 3 is 2.92 bits per heavy atom. The van der Waals surface area contributed by atoms with Crippen molar-refractivity contribution in [3.05, 3.63) is 24.3 Å². The van der Waals surface area contributed by atoms with Crippen molar-refractivity contribution in [2.75, 3.05) is 13.2 Å². The van der Waals surface area contributed by atoms with Gasteiger partial charge in [0.1, 0.15) is 5.69 Å². The predicted octanol–water partition coefficient (Wildman–Crippen LogP) is 0.126. The topological polar surface area (TPSA) is 105 Å². The Kier molecular flexibility index (Phi) is 5.01. The summed E-state index contributed by atoms with van der Waals surface area (Å²) in [6.07, 6.45) is 6.25. The summed E-state index contributed by atoms with van der Waals surface area (Å²) < 4.78 is 5.97. The van der Waals surface area contributed by atoms with E-state index in [4.69, 9.17) is 4.74 Å². The second-order valence-corrected chi connectivity index (χ2v) is 6.98. The monoisotopic (exact) mass is 348 g/mol. The van der Waals surface area contributed by atoms with Gasteiger partial charge in [0.05, 0.1) is 36.6 Å². The van der Waals surface area contributed by atoms with Crippen molar-refractivity contribution in [1.29, 1.82) is 0 Å². The van der Waals surface area contributed by atoms with Gasteiger partial charge in [-0.2, -0.15) is 0 Å². The minimum atomic E-state index is -1.18. The molecule has 4 atom stereocenters. The second kappa shape index (κ2) is 7.05. The third kappa shape index (κ3) is 3.80. The summed E-state index contributed by atoms with van der Waals surface area (Å²) in [4.78, 5) is 34.1. The summed E-state index contributed by atoms with van der Waals surface area (Å²) >= 11 is 0. The van der Waals surface area contributed by atoms with E-state index in [0.717, 1.165) is 12.8 Å². The van der Waals surface area contributed by atoms with Crippen LogP contribution in [0.2, 0.25) is 0 Å². The summed E-state index contributed by atoms with van der Waals surface area (Å²) in [6, 6.07) is -0.777. The van der Waals surface area contributed by atoms with Crippen molar-refractivity contribution in [3.8, 4) is 0 Å². The van der Waals surface area contributed by atoms with Crippen LogP contribution in [0.1, 0.15) is 43.6 Å². The first kappa shape index (κ1) is 17.8. The molecular weight excluding hydrogens is 324 g/mol. The van der Waals surface area contributed by atoms with Gasteiger partial charge >= 0.3 is 0 Å². The number of nitrogens with zero attached hydrogens (tertiary/aromatic N) is 3. The molecule has 2 fully saturated rings. The lowest BCUT2D eigenvalue weighted by molar-refractivity contribution is -0.122. The summed E-state index contributed by atoms with van der Waals surface area (Å²) in [6.45, 7) is 3.90. The summed E-state index contributed by atoms with van der Waals surface area (Å²) in [5.41, 5.74) is -0.894. The number of rotatable bonds is 2. The lowest BCUT2D eigenvalue weighted by Gasteiger charge is -2.41. The van der Waals surface area contributed by atoms with Crippen molar-refractivity contribution in [2.24, 2.45) is 0 Å². The number of fused-ring (bicyclic) bond motifs is 1. The minimum absolute atomic E-state index is 0.167. The normalized spacial score (nSPS) is 32.4. The first-order valence-corrected chi connectivity index (χ1v) is 8.56. The van der Waals surface area contributed by atoms with E-state index in [1.165, 1.54) is 25.5 Å². The number of nitrogens with one attached hydrogen (secondary N) is 1. The van der Waals surface area contributed by atoms with Gasteiger partial charge in [0.2, 0.25) is 5.91 Å². The Balaban J connectivity index is 1.84. The van der Waals surface area contributed by atoms with Crippen LogP contribution in [-0.4, -0.2) is 68.7 Å². The highest BCUT2D eigenvalue weighted by molar-refractivity contribution is 5.92. The van der Waals surface area contributed by atoms with Crippen LogP contribution < -0.4 is 5.32 Å². The number of piperidine rings is 1. The predicted molar refractivity (Wildman–Crippen MR) is 88.7 cm³/mol. The number of ether oxygens (including phenoxy) is 1. The van der Waals surface area contributed by atoms with Gasteiger partial charge in [-0.15, -0.1) is 0 Å². The molecule has 1 aromatic heterocycles. The Morgan fingerprint density at radius 2 is 2.24 bits per heavy atom. The molecule has 0 aliphatic carbocycles. The highest BCUT2D eigenvalue weighted by atomic mass is 16.5. The Bertz CT molecular complexity index is 637. The van der Waals surface area contributed by atoms with E-state index in [9.17, 15) is 14.7 Å². The fraction of sp³-hybridized carbons (Fsp3) is 0.647. The molecule has 0 spiro atoms. The van der Waals surface area contributed by atoms with E-state index in [2.05, 4.69) is 15.3 Å². The van der Waals surface area contributed by atoms with Gasteiger partial charge in [0, 0.05) is 32.3 Å². The van der Waals surface area contributed by atoms with Gasteiger partial charge in [0.15, 0.2) is 0 Å². The van der Waals surface area contributed by atoms with Crippen LogP contribution in [0.5, 0.6) is 0 Å². The number of aliphatic hydroxyl groups is 1. The molecule has 3 rings (SSSR count). The number of carbonyl (C=O) groups excluding carboxylic acids is 2. The van der Waals surface area contributed by atoms with Crippen LogP contribution in [0.3, 0.4) is 0 Å². The first-order valence-electron chi connectivity index (χ1n) is 8.56. The molecular formula is C17H24N4O4. The van der Waals surface area contributed by atoms with Gasteiger partial charge in [-0.1, -0.05) is 0 Å². The van der Waals surface area contributed by atoms with E-state index < -0.39 is 11.6 Å². The SMILES string of the molecule is CC(=O)N[C@@H]1CO[C@@H]2CCCN(C(=O)c3cnccn3)[C@@H]2C[C@@]1(C)O. The molecule has 0 radical (unpaired) electrons. The highest BCUT2D eigenvalue weighted by Gasteiger charge is 2.46. The molecule has 0 unspecified atom stereocenters. The van der Waals surface area contributed by atoms with Crippen molar-refractivity contribution < 1.29 is 19.4 Å². The van der Waals surface area contributed by atoms with Gasteiger partial charge in [-0.05, 0) is 19.8 Å². The molecule has 2 aliphatic rings. The summed E-state index contributed by atoms with van der Waals surface area (Å²) in [5.74, 6) is -0.425. The lowest BCUT2D eigenvalue weighted by atomic mass is 9.85. The first-order chi connectivity index (χ1) is 11.9. The zero-order valence-corrected chi connectivity index (χ0v) is 14.5. The van der Waals surface area contributed by atoms with Crippen LogP contribution in [0.4, 0.5) is 0 Å².